The summed E-state index contributed by atoms with van der Waals surface area (Å²) in [6.45, 7) is 1.84. The molecule has 0 saturated heterocycles. The molecule has 0 bridgehead atoms. The molecule has 0 fully saturated rings. The lowest BCUT2D eigenvalue weighted by Crippen LogP contribution is -2.24. The highest BCUT2D eigenvalue weighted by molar-refractivity contribution is 5.96. The molecule has 0 spiro atoms. The zero-order chi connectivity index (χ0) is 16.1. The summed E-state index contributed by atoms with van der Waals surface area (Å²) in [6, 6.07) is 13.7. The maximum Gasteiger partial charge on any atom is 0.416 e. The molecular formula is C16H16N2O4. The molecule has 0 aromatic heterocycles. The molecule has 0 aliphatic rings. The van der Waals surface area contributed by atoms with E-state index in [9.17, 15) is 14.7 Å². The summed E-state index contributed by atoms with van der Waals surface area (Å²) in [7, 11) is 1.26. The molecule has 2 aromatic rings. The highest BCUT2D eigenvalue weighted by Gasteiger charge is 2.19. The first kappa shape index (κ1) is 15.4. The molecule has 0 heterocycles. The highest BCUT2D eigenvalue weighted by atomic mass is 16.5. The van der Waals surface area contributed by atoms with Gasteiger partial charge in [0.1, 0.15) is 0 Å². The van der Waals surface area contributed by atoms with Crippen molar-refractivity contribution in [2.24, 2.45) is 0 Å². The Bertz CT molecular complexity index is 700. The molecule has 22 heavy (non-hydrogen) atoms. The van der Waals surface area contributed by atoms with Crippen molar-refractivity contribution in [3.63, 3.8) is 0 Å². The fraction of sp³-hybridized carbons (Fsp3) is 0.125. The summed E-state index contributed by atoms with van der Waals surface area (Å²) in [5.41, 5.74) is 2.27. The molecule has 0 atom stereocenters. The smallest absolute Gasteiger partial charge is 0.416 e. The molecule has 2 rings (SSSR count). The van der Waals surface area contributed by atoms with E-state index < -0.39 is 12.2 Å². The molecule has 0 aliphatic heterocycles. The Kier molecular flexibility index (Phi) is 4.63. The van der Waals surface area contributed by atoms with Crippen LogP contribution in [-0.2, 0) is 4.74 Å². The Morgan fingerprint density at radius 3 is 2.50 bits per heavy atom. The van der Waals surface area contributed by atoms with Gasteiger partial charge in [-0.2, -0.15) is 0 Å². The van der Waals surface area contributed by atoms with Crippen molar-refractivity contribution in [3.05, 3.63) is 54.1 Å². The van der Waals surface area contributed by atoms with Crippen LogP contribution in [-0.4, -0.2) is 24.4 Å². The van der Waals surface area contributed by atoms with Crippen molar-refractivity contribution in [1.29, 1.82) is 0 Å². The molecule has 2 amide bonds. The van der Waals surface area contributed by atoms with Crippen molar-refractivity contribution >= 4 is 29.2 Å². The monoisotopic (exact) mass is 300 g/mol. The first-order valence-electron chi connectivity index (χ1n) is 6.56. The third kappa shape index (κ3) is 3.35. The number of para-hydroxylation sites is 1. The molecule has 0 aliphatic carbocycles. The van der Waals surface area contributed by atoms with Gasteiger partial charge >= 0.3 is 12.2 Å². The minimum Gasteiger partial charge on any atom is -0.464 e. The van der Waals surface area contributed by atoms with Gasteiger partial charge < -0.3 is 9.84 Å². The van der Waals surface area contributed by atoms with Gasteiger partial charge in [-0.25, -0.2) is 14.5 Å². The first-order chi connectivity index (χ1) is 10.5. The Balaban J connectivity index is 2.42. The molecule has 0 unspecified atom stereocenters. The number of amides is 2. The van der Waals surface area contributed by atoms with Crippen LogP contribution >= 0.6 is 0 Å². The summed E-state index contributed by atoms with van der Waals surface area (Å²) in [5, 5.41) is 12.0. The molecular weight excluding hydrogens is 284 g/mol. The van der Waals surface area contributed by atoms with E-state index in [1.165, 1.54) is 7.11 Å². The van der Waals surface area contributed by atoms with Crippen LogP contribution in [0.5, 0.6) is 0 Å². The zero-order valence-electron chi connectivity index (χ0n) is 12.2. The Morgan fingerprint density at radius 1 is 1.14 bits per heavy atom. The lowest BCUT2D eigenvalue weighted by Gasteiger charge is -2.22. The number of hydrogen-bond donors (Lipinski definition) is 2. The summed E-state index contributed by atoms with van der Waals surface area (Å²) < 4.78 is 4.53. The van der Waals surface area contributed by atoms with Crippen LogP contribution < -0.4 is 10.2 Å². The van der Waals surface area contributed by atoms with E-state index >= 15 is 0 Å². The van der Waals surface area contributed by atoms with E-state index in [0.29, 0.717) is 17.1 Å². The van der Waals surface area contributed by atoms with Crippen LogP contribution in [0.2, 0.25) is 0 Å². The maximum atomic E-state index is 11.7. The number of nitrogens with zero attached hydrogens (tertiary/aromatic N) is 1. The quantitative estimate of drug-likeness (QED) is 0.898. The standard InChI is InChI=1S/C16H16N2O4/c1-11-6-3-4-9-14(11)18(16(20)21)13-8-5-7-12(10-13)17-15(19)22-2/h3-10H,1-2H3,(H,17,19)(H,20,21). The van der Waals surface area contributed by atoms with Crippen LogP contribution in [0.15, 0.2) is 48.5 Å². The van der Waals surface area contributed by atoms with Crippen LogP contribution in [0.25, 0.3) is 0 Å². The van der Waals surface area contributed by atoms with Gasteiger partial charge in [-0.1, -0.05) is 24.3 Å². The van der Waals surface area contributed by atoms with Gasteiger partial charge in [0.2, 0.25) is 0 Å². The number of aryl methyl sites for hydroxylation is 1. The number of ether oxygens (including phenoxy) is 1. The lowest BCUT2D eigenvalue weighted by atomic mass is 10.1. The van der Waals surface area contributed by atoms with Crippen molar-refractivity contribution in [2.45, 2.75) is 6.92 Å². The normalized spacial score (nSPS) is 9.91. The van der Waals surface area contributed by atoms with Gasteiger partial charge in [-0.05, 0) is 36.8 Å². The van der Waals surface area contributed by atoms with Crippen LogP contribution in [0, 0.1) is 6.92 Å². The third-order valence-corrected chi connectivity index (χ3v) is 3.08. The number of carbonyl (C=O) groups is 2. The predicted octanol–water partition coefficient (Wildman–Crippen LogP) is 3.99. The second-order valence-electron chi connectivity index (χ2n) is 4.57. The topological polar surface area (TPSA) is 78.9 Å². The van der Waals surface area contributed by atoms with E-state index in [4.69, 9.17) is 0 Å². The van der Waals surface area contributed by atoms with Crippen LogP contribution in [0.3, 0.4) is 0 Å². The largest absolute Gasteiger partial charge is 0.464 e. The van der Waals surface area contributed by atoms with Gasteiger partial charge in [0.25, 0.3) is 0 Å². The lowest BCUT2D eigenvalue weighted by molar-refractivity contribution is 0.187. The van der Waals surface area contributed by atoms with E-state index in [0.717, 1.165) is 10.5 Å². The molecule has 6 nitrogen and oxygen atoms in total. The Morgan fingerprint density at radius 2 is 1.86 bits per heavy atom. The summed E-state index contributed by atoms with van der Waals surface area (Å²) in [5.74, 6) is 0. The summed E-state index contributed by atoms with van der Waals surface area (Å²) in [4.78, 5) is 24.1. The number of carbonyl (C=O) groups excluding carboxylic acids is 1. The summed E-state index contributed by atoms with van der Waals surface area (Å²) >= 11 is 0. The minimum absolute atomic E-state index is 0.427. The van der Waals surface area contributed by atoms with Gasteiger partial charge in [-0.3, -0.25) is 5.32 Å². The van der Waals surface area contributed by atoms with E-state index in [-0.39, 0.29) is 0 Å². The number of nitrogens with one attached hydrogen (secondary N) is 1. The second-order valence-corrected chi connectivity index (χ2v) is 4.57. The number of methoxy groups -OCH3 is 1. The molecule has 0 radical (unpaired) electrons. The second kappa shape index (κ2) is 6.62. The molecule has 2 aromatic carbocycles. The number of carboxylic acid groups (broad SMARTS) is 1. The van der Waals surface area contributed by atoms with E-state index in [2.05, 4.69) is 10.1 Å². The number of hydrogen-bond acceptors (Lipinski definition) is 3. The average molecular weight is 300 g/mol. The Hall–Kier alpha value is -3.02. The SMILES string of the molecule is COC(=O)Nc1cccc(N(C(=O)O)c2ccccc2C)c1. The van der Waals surface area contributed by atoms with E-state index in [1.807, 2.05) is 19.1 Å². The van der Waals surface area contributed by atoms with E-state index in [1.54, 1.807) is 36.4 Å². The maximum absolute atomic E-state index is 11.7. The molecule has 6 heteroatoms. The molecule has 114 valence electrons. The fourth-order valence-electron chi connectivity index (χ4n) is 2.06. The minimum atomic E-state index is -1.11. The predicted molar refractivity (Wildman–Crippen MR) is 83.8 cm³/mol. The first-order valence-corrected chi connectivity index (χ1v) is 6.56. The summed E-state index contributed by atoms with van der Waals surface area (Å²) in [6.07, 6.45) is -1.72. The Labute approximate surface area is 127 Å². The highest BCUT2D eigenvalue weighted by Crippen LogP contribution is 2.30. The van der Waals surface area contributed by atoms with Crippen LogP contribution in [0.4, 0.5) is 26.7 Å². The van der Waals surface area contributed by atoms with Crippen molar-refractivity contribution in [3.8, 4) is 0 Å². The number of benzene rings is 2. The molecule has 2 N–H and O–H groups in total. The number of anilines is 3. The van der Waals surface area contributed by atoms with Crippen LogP contribution in [0.1, 0.15) is 5.56 Å². The van der Waals surface area contributed by atoms with Crippen molar-refractivity contribution in [1.82, 2.24) is 0 Å². The zero-order valence-corrected chi connectivity index (χ0v) is 12.2. The van der Waals surface area contributed by atoms with Gasteiger partial charge in [0, 0.05) is 5.69 Å². The molecule has 0 saturated carbocycles. The third-order valence-electron chi connectivity index (χ3n) is 3.08. The van der Waals surface area contributed by atoms with Gasteiger partial charge in [0.15, 0.2) is 0 Å². The van der Waals surface area contributed by atoms with Crippen molar-refractivity contribution in [2.75, 3.05) is 17.3 Å². The van der Waals surface area contributed by atoms with Crippen molar-refractivity contribution < 1.29 is 19.4 Å². The number of rotatable bonds is 3. The van der Waals surface area contributed by atoms with Gasteiger partial charge in [0.05, 0.1) is 18.5 Å². The van der Waals surface area contributed by atoms with Gasteiger partial charge in [-0.15, -0.1) is 0 Å². The fourth-order valence-corrected chi connectivity index (χ4v) is 2.06. The average Bonchev–Trinajstić information content (AvgIpc) is 2.49.